The van der Waals surface area contributed by atoms with Crippen molar-refractivity contribution in [2.45, 2.75) is 31.0 Å². The third-order valence-electron chi connectivity index (χ3n) is 6.36. The van der Waals surface area contributed by atoms with Crippen LogP contribution < -0.4 is 10.6 Å². The number of benzene rings is 3. The molecule has 0 saturated carbocycles. The van der Waals surface area contributed by atoms with Crippen LogP contribution >= 0.6 is 0 Å². The van der Waals surface area contributed by atoms with E-state index in [1.165, 1.54) is 0 Å². The summed E-state index contributed by atoms with van der Waals surface area (Å²) in [7, 11) is 0. The van der Waals surface area contributed by atoms with Gasteiger partial charge in [0.1, 0.15) is 25.3 Å². The first kappa shape index (κ1) is 27.3. The average Bonchev–Trinajstić information content (AvgIpc) is 3.27. The molecule has 0 spiro atoms. The van der Waals surface area contributed by atoms with Crippen molar-refractivity contribution in [1.82, 2.24) is 10.6 Å². The summed E-state index contributed by atoms with van der Waals surface area (Å²) in [5.74, 6) is -3.48. The summed E-state index contributed by atoms with van der Waals surface area (Å²) in [6.45, 7) is -0.953. The van der Waals surface area contributed by atoms with Crippen LogP contribution in [0.2, 0.25) is 0 Å². The number of aliphatic hydroxyl groups excluding tert-OH is 1. The smallest absolute Gasteiger partial charge is 0.407 e. The first-order valence-corrected chi connectivity index (χ1v) is 12.3. The number of carbonyl (C=O) groups excluding carboxylic acids is 3. The lowest BCUT2D eigenvalue weighted by Gasteiger charge is -2.21. The number of esters is 1. The van der Waals surface area contributed by atoms with E-state index in [4.69, 9.17) is 14.6 Å². The molecule has 0 unspecified atom stereocenters. The second-order valence-corrected chi connectivity index (χ2v) is 8.95. The van der Waals surface area contributed by atoms with Crippen molar-refractivity contribution < 1.29 is 38.9 Å². The Balaban J connectivity index is 1.42. The number of carbonyl (C=O) groups is 4. The first-order valence-electron chi connectivity index (χ1n) is 12.3. The Bertz CT molecular complexity index is 1300. The molecule has 0 bridgehead atoms. The molecule has 0 heterocycles. The van der Waals surface area contributed by atoms with Gasteiger partial charge in [-0.15, -0.1) is 0 Å². The van der Waals surface area contributed by atoms with E-state index in [-0.39, 0.29) is 19.1 Å². The fourth-order valence-electron chi connectivity index (χ4n) is 4.41. The maximum atomic E-state index is 12.8. The van der Waals surface area contributed by atoms with Gasteiger partial charge in [0.25, 0.3) is 0 Å². The fraction of sp³-hybridized carbons (Fsp3) is 0.241. The number of ether oxygens (including phenoxy) is 2. The summed E-state index contributed by atoms with van der Waals surface area (Å²) in [4.78, 5) is 49.3. The zero-order valence-corrected chi connectivity index (χ0v) is 20.9. The number of amides is 2. The predicted octanol–water partition coefficient (Wildman–Crippen LogP) is 2.59. The van der Waals surface area contributed by atoms with Crippen molar-refractivity contribution >= 4 is 23.9 Å². The lowest BCUT2D eigenvalue weighted by atomic mass is 9.98. The largest absolute Gasteiger partial charge is 0.480 e. The van der Waals surface area contributed by atoms with Crippen molar-refractivity contribution in [2.75, 3.05) is 13.2 Å². The summed E-state index contributed by atoms with van der Waals surface area (Å²) in [6.07, 6.45) is -1.55. The third kappa shape index (κ3) is 6.79. The Kier molecular flexibility index (Phi) is 8.90. The van der Waals surface area contributed by atoms with Crippen LogP contribution in [0, 0.1) is 0 Å². The van der Waals surface area contributed by atoms with Crippen LogP contribution in [-0.4, -0.2) is 59.4 Å². The molecule has 4 N–H and O–H groups in total. The van der Waals surface area contributed by atoms with Crippen LogP contribution in [0.25, 0.3) is 11.1 Å². The van der Waals surface area contributed by atoms with Crippen LogP contribution in [0.15, 0.2) is 78.9 Å². The van der Waals surface area contributed by atoms with Crippen LogP contribution in [0.4, 0.5) is 4.79 Å². The molecular weight excluding hydrogens is 504 g/mol. The quantitative estimate of drug-likeness (QED) is 0.275. The lowest BCUT2D eigenvalue weighted by Crippen LogP contribution is -2.53. The maximum absolute atomic E-state index is 12.8. The second kappa shape index (κ2) is 12.7. The minimum Gasteiger partial charge on any atom is -0.480 e. The summed E-state index contributed by atoms with van der Waals surface area (Å²) in [5.41, 5.74) is 4.81. The van der Waals surface area contributed by atoms with E-state index in [1.54, 1.807) is 24.3 Å². The minimum atomic E-state index is -1.62. The zero-order chi connectivity index (χ0) is 27.8. The molecule has 39 heavy (non-hydrogen) atoms. The normalized spacial score (nSPS) is 13.4. The SMILES string of the molecule is O=C(C[C@H](NC(=O)OCC1c2ccccc2-c2ccccc21)C(=O)N[C@@H](CO)C(=O)O)OCc1ccccc1. The molecular formula is C29H28N2O8. The molecule has 0 fully saturated rings. The van der Waals surface area contributed by atoms with E-state index in [1.807, 2.05) is 54.6 Å². The average molecular weight is 533 g/mol. The summed E-state index contributed by atoms with van der Waals surface area (Å²) < 4.78 is 10.7. The zero-order valence-electron chi connectivity index (χ0n) is 20.9. The van der Waals surface area contributed by atoms with Gasteiger partial charge in [-0.05, 0) is 27.8 Å². The second-order valence-electron chi connectivity index (χ2n) is 8.95. The molecule has 3 aromatic carbocycles. The van der Waals surface area contributed by atoms with Gasteiger partial charge < -0.3 is 30.3 Å². The topological polar surface area (TPSA) is 151 Å². The highest BCUT2D eigenvalue weighted by Gasteiger charge is 2.31. The molecule has 2 atom stereocenters. The number of hydrogen-bond donors (Lipinski definition) is 4. The third-order valence-corrected chi connectivity index (χ3v) is 6.36. The van der Waals surface area contributed by atoms with E-state index in [9.17, 15) is 24.3 Å². The van der Waals surface area contributed by atoms with Crippen molar-refractivity contribution in [3.8, 4) is 11.1 Å². The highest BCUT2D eigenvalue weighted by atomic mass is 16.5. The van der Waals surface area contributed by atoms with Crippen molar-refractivity contribution in [3.05, 3.63) is 95.6 Å². The lowest BCUT2D eigenvalue weighted by molar-refractivity contribution is -0.147. The maximum Gasteiger partial charge on any atom is 0.407 e. The van der Waals surface area contributed by atoms with E-state index in [2.05, 4.69) is 10.6 Å². The molecule has 4 rings (SSSR count). The van der Waals surface area contributed by atoms with Gasteiger partial charge >= 0.3 is 18.0 Å². The van der Waals surface area contributed by atoms with Gasteiger partial charge in [-0.25, -0.2) is 9.59 Å². The number of fused-ring (bicyclic) bond motifs is 3. The van der Waals surface area contributed by atoms with Crippen LogP contribution in [0.5, 0.6) is 0 Å². The molecule has 2 amide bonds. The minimum absolute atomic E-state index is 0.0267. The Morgan fingerprint density at radius 2 is 1.36 bits per heavy atom. The standard InChI is InChI=1S/C29H28N2O8/c32-15-25(28(35)36)30-27(34)24(14-26(33)38-16-18-8-2-1-3-9-18)31-29(37)39-17-23-21-12-6-4-10-19(21)20-11-5-7-13-22(20)23/h1-13,23-25,32H,14-17H2,(H,30,34)(H,31,37)(H,35,36)/t24-,25-/m0/s1. The molecule has 0 aliphatic heterocycles. The van der Waals surface area contributed by atoms with Gasteiger partial charge in [-0.1, -0.05) is 78.9 Å². The number of hydrogen-bond acceptors (Lipinski definition) is 7. The molecule has 1 aliphatic carbocycles. The molecule has 10 nitrogen and oxygen atoms in total. The van der Waals surface area contributed by atoms with E-state index in [0.717, 1.165) is 27.8 Å². The van der Waals surface area contributed by atoms with Crippen molar-refractivity contribution in [3.63, 3.8) is 0 Å². The van der Waals surface area contributed by atoms with Crippen LogP contribution in [0.3, 0.4) is 0 Å². The van der Waals surface area contributed by atoms with Gasteiger partial charge in [0, 0.05) is 5.92 Å². The molecule has 10 heteroatoms. The monoisotopic (exact) mass is 532 g/mol. The first-order chi connectivity index (χ1) is 18.9. The Labute approximate surface area is 224 Å². The van der Waals surface area contributed by atoms with Gasteiger partial charge in [0.15, 0.2) is 0 Å². The summed E-state index contributed by atoms with van der Waals surface area (Å²) in [6, 6.07) is 21.3. The van der Waals surface area contributed by atoms with E-state index >= 15 is 0 Å². The highest BCUT2D eigenvalue weighted by molar-refractivity contribution is 5.92. The number of rotatable bonds is 11. The van der Waals surface area contributed by atoms with Gasteiger partial charge in [0.2, 0.25) is 5.91 Å². The number of alkyl carbamates (subject to hydrolysis) is 1. The number of carboxylic acid groups (broad SMARTS) is 1. The van der Waals surface area contributed by atoms with Gasteiger partial charge in [-0.3, -0.25) is 9.59 Å². The number of carboxylic acids is 1. The van der Waals surface area contributed by atoms with Crippen molar-refractivity contribution in [2.24, 2.45) is 0 Å². The summed E-state index contributed by atoms with van der Waals surface area (Å²) >= 11 is 0. The predicted molar refractivity (Wildman–Crippen MR) is 139 cm³/mol. The van der Waals surface area contributed by atoms with Crippen LogP contribution in [0.1, 0.15) is 29.0 Å². The van der Waals surface area contributed by atoms with Crippen molar-refractivity contribution in [1.29, 1.82) is 0 Å². The Morgan fingerprint density at radius 3 is 1.95 bits per heavy atom. The van der Waals surface area contributed by atoms with E-state index in [0.29, 0.717) is 0 Å². The molecule has 202 valence electrons. The number of aliphatic carboxylic acids is 1. The Hall–Kier alpha value is -4.70. The van der Waals surface area contributed by atoms with Gasteiger partial charge in [0.05, 0.1) is 13.0 Å². The van der Waals surface area contributed by atoms with E-state index < -0.39 is 49.1 Å². The fourth-order valence-corrected chi connectivity index (χ4v) is 4.41. The summed E-state index contributed by atoms with van der Waals surface area (Å²) in [5, 5.41) is 22.9. The number of aliphatic hydroxyl groups is 1. The molecule has 0 radical (unpaired) electrons. The Morgan fingerprint density at radius 1 is 0.769 bits per heavy atom. The molecule has 1 aliphatic rings. The molecule has 0 aromatic heterocycles. The number of nitrogens with one attached hydrogen (secondary N) is 2. The van der Waals surface area contributed by atoms with Gasteiger partial charge in [-0.2, -0.15) is 0 Å². The molecule has 0 saturated heterocycles. The highest BCUT2D eigenvalue weighted by Crippen LogP contribution is 2.44. The van der Waals surface area contributed by atoms with Crippen LogP contribution in [-0.2, 0) is 30.5 Å². The molecule has 3 aromatic rings.